The van der Waals surface area contributed by atoms with Gasteiger partial charge in [-0.05, 0) is 68.3 Å². The third-order valence-electron chi connectivity index (χ3n) is 10.4. The topological polar surface area (TPSA) is 49.9 Å². The molecule has 1 N–H and O–H groups in total. The molecule has 1 aromatic heterocycles. The van der Waals surface area contributed by atoms with Crippen LogP contribution in [0.1, 0.15) is 22.9 Å². The van der Waals surface area contributed by atoms with E-state index in [1.807, 2.05) is 42.5 Å². The molecule has 10 rings (SSSR count). The maximum atomic E-state index is 6.45. The standard InChI is InChI=1S/C51H35N3O/c1-4-11-34(12-5-1)36-19-21-38(22-20-36)39-27-29-42(30-28-39)50-52-49(41-15-8-3-9-16-41)53-51(54-50)44-17-10-18-47-48(44)45-33-43(31-32-46(45)55-47)40-25-23-37(24-26-40)35-13-6-2-7-14-35/h1-33,50H,(H,52,53,54). The summed E-state index contributed by atoms with van der Waals surface area (Å²) in [5.74, 6) is 1.53. The molecule has 0 aliphatic carbocycles. The van der Waals surface area contributed by atoms with E-state index in [2.05, 4.69) is 163 Å². The number of amidine groups is 2. The fourth-order valence-corrected chi connectivity index (χ4v) is 7.50. The summed E-state index contributed by atoms with van der Waals surface area (Å²) in [7, 11) is 0. The third-order valence-corrected chi connectivity index (χ3v) is 10.4. The monoisotopic (exact) mass is 705 g/mol. The summed E-state index contributed by atoms with van der Waals surface area (Å²) in [6.45, 7) is 0. The molecule has 0 spiro atoms. The molecule has 55 heavy (non-hydrogen) atoms. The van der Waals surface area contributed by atoms with Crippen LogP contribution in [0.15, 0.2) is 215 Å². The van der Waals surface area contributed by atoms with Crippen LogP contribution in [0.5, 0.6) is 0 Å². The van der Waals surface area contributed by atoms with Crippen molar-refractivity contribution in [3.05, 3.63) is 217 Å². The summed E-state index contributed by atoms with van der Waals surface area (Å²) in [5, 5.41) is 5.68. The van der Waals surface area contributed by atoms with Gasteiger partial charge in [0.1, 0.15) is 22.8 Å². The van der Waals surface area contributed by atoms with Gasteiger partial charge in [-0.2, -0.15) is 0 Å². The molecule has 1 aliphatic heterocycles. The van der Waals surface area contributed by atoms with Crippen LogP contribution < -0.4 is 5.32 Å². The highest BCUT2D eigenvalue weighted by Gasteiger charge is 2.24. The second-order valence-corrected chi connectivity index (χ2v) is 13.8. The van der Waals surface area contributed by atoms with Crippen LogP contribution in [0.2, 0.25) is 0 Å². The van der Waals surface area contributed by atoms with Gasteiger partial charge in [-0.3, -0.25) is 0 Å². The number of hydrogen-bond acceptors (Lipinski definition) is 4. The second-order valence-electron chi connectivity index (χ2n) is 13.8. The van der Waals surface area contributed by atoms with Crippen LogP contribution in [0.3, 0.4) is 0 Å². The minimum Gasteiger partial charge on any atom is -0.456 e. The van der Waals surface area contributed by atoms with Gasteiger partial charge in [-0.1, -0.05) is 182 Å². The van der Waals surface area contributed by atoms with E-state index in [-0.39, 0.29) is 0 Å². The smallest absolute Gasteiger partial charge is 0.169 e. The molecule has 4 heteroatoms. The normalized spacial score (nSPS) is 14.0. The molecule has 1 unspecified atom stereocenters. The highest BCUT2D eigenvalue weighted by Crippen LogP contribution is 2.37. The number of nitrogens with one attached hydrogen (secondary N) is 1. The first-order valence-electron chi connectivity index (χ1n) is 18.6. The van der Waals surface area contributed by atoms with Crippen molar-refractivity contribution < 1.29 is 4.42 Å². The Hall–Kier alpha value is -7.30. The van der Waals surface area contributed by atoms with Crippen molar-refractivity contribution in [3.63, 3.8) is 0 Å². The Labute approximate surface area is 319 Å². The fraction of sp³-hybridized carbons (Fsp3) is 0.0196. The van der Waals surface area contributed by atoms with Crippen LogP contribution in [0, 0.1) is 0 Å². The quantitative estimate of drug-likeness (QED) is 0.179. The number of furan rings is 1. The van der Waals surface area contributed by atoms with Crippen molar-refractivity contribution in [3.8, 4) is 44.5 Å². The van der Waals surface area contributed by atoms with E-state index in [0.717, 1.165) is 67.0 Å². The van der Waals surface area contributed by atoms with Gasteiger partial charge in [0, 0.05) is 21.9 Å². The molecule has 0 amide bonds. The molecule has 0 bridgehead atoms. The number of nitrogens with zero attached hydrogens (tertiary/aromatic N) is 2. The summed E-state index contributed by atoms with van der Waals surface area (Å²) in [6, 6.07) is 70.0. The molecule has 0 radical (unpaired) electrons. The lowest BCUT2D eigenvalue weighted by Crippen LogP contribution is -2.36. The van der Waals surface area contributed by atoms with Gasteiger partial charge in [-0.25, -0.2) is 9.98 Å². The molecule has 260 valence electrons. The van der Waals surface area contributed by atoms with Gasteiger partial charge in [-0.15, -0.1) is 0 Å². The van der Waals surface area contributed by atoms with Crippen LogP contribution in [-0.2, 0) is 0 Å². The molecule has 0 fully saturated rings. The van der Waals surface area contributed by atoms with E-state index in [1.54, 1.807) is 0 Å². The largest absolute Gasteiger partial charge is 0.456 e. The Morgan fingerprint density at radius 3 is 1.38 bits per heavy atom. The predicted molar refractivity (Wildman–Crippen MR) is 227 cm³/mol. The van der Waals surface area contributed by atoms with Crippen LogP contribution in [0.4, 0.5) is 0 Å². The summed E-state index contributed by atoms with van der Waals surface area (Å²) < 4.78 is 6.45. The molecule has 1 atom stereocenters. The average Bonchev–Trinajstić information content (AvgIpc) is 3.66. The van der Waals surface area contributed by atoms with E-state index in [9.17, 15) is 0 Å². The predicted octanol–water partition coefficient (Wildman–Crippen LogP) is 12.7. The highest BCUT2D eigenvalue weighted by atomic mass is 16.3. The van der Waals surface area contributed by atoms with Crippen LogP contribution in [-0.4, -0.2) is 11.7 Å². The van der Waals surface area contributed by atoms with Crippen molar-refractivity contribution in [1.29, 1.82) is 0 Å². The lowest BCUT2D eigenvalue weighted by Gasteiger charge is -2.23. The third kappa shape index (κ3) is 6.30. The Balaban J connectivity index is 1.02. The maximum absolute atomic E-state index is 6.45. The second kappa shape index (κ2) is 13.9. The SMILES string of the molecule is c1ccc(C2=NC(c3ccc(-c4ccc(-c5ccccc5)cc4)cc3)N=C(c3cccc4oc5ccc(-c6ccc(-c7ccccc7)cc6)cc5c34)N2)cc1. The average molecular weight is 706 g/mol. The van der Waals surface area contributed by atoms with Gasteiger partial charge in [0.15, 0.2) is 6.17 Å². The zero-order chi connectivity index (χ0) is 36.6. The molecule has 2 heterocycles. The summed E-state index contributed by atoms with van der Waals surface area (Å²) in [4.78, 5) is 10.4. The maximum Gasteiger partial charge on any atom is 0.169 e. The molecule has 9 aromatic rings. The van der Waals surface area contributed by atoms with Crippen molar-refractivity contribution in [2.45, 2.75) is 6.17 Å². The molecule has 4 nitrogen and oxygen atoms in total. The summed E-state index contributed by atoms with van der Waals surface area (Å²) >= 11 is 0. The number of benzene rings is 8. The van der Waals surface area contributed by atoms with E-state index in [4.69, 9.17) is 14.4 Å². The fourth-order valence-electron chi connectivity index (χ4n) is 7.50. The molecular weight excluding hydrogens is 671 g/mol. The minimum atomic E-state index is -0.437. The van der Waals surface area contributed by atoms with E-state index < -0.39 is 6.17 Å². The highest BCUT2D eigenvalue weighted by molar-refractivity contribution is 6.23. The number of aliphatic imine (C=N–C) groups is 2. The lowest BCUT2D eigenvalue weighted by atomic mass is 9.98. The van der Waals surface area contributed by atoms with Crippen molar-refractivity contribution in [1.82, 2.24) is 5.32 Å². The van der Waals surface area contributed by atoms with Crippen molar-refractivity contribution in [2.75, 3.05) is 0 Å². The molecule has 1 aliphatic rings. The molecule has 8 aromatic carbocycles. The van der Waals surface area contributed by atoms with E-state index in [0.29, 0.717) is 0 Å². The van der Waals surface area contributed by atoms with E-state index in [1.165, 1.54) is 27.8 Å². The molecule has 0 saturated heterocycles. The number of rotatable bonds is 7. The minimum absolute atomic E-state index is 0.437. The molecular formula is C51H35N3O. The van der Waals surface area contributed by atoms with Crippen molar-refractivity contribution >= 4 is 33.6 Å². The lowest BCUT2D eigenvalue weighted by molar-refractivity contribution is 0.669. The van der Waals surface area contributed by atoms with Gasteiger partial charge >= 0.3 is 0 Å². The van der Waals surface area contributed by atoms with E-state index >= 15 is 0 Å². The number of hydrogen-bond donors (Lipinski definition) is 1. The molecule has 0 saturated carbocycles. The zero-order valence-corrected chi connectivity index (χ0v) is 29.9. The van der Waals surface area contributed by atoms with Crippen LogP contribution in [0.25, 0.3) is 66.4 Å². The number of fused-ring (bicyclic) bond motifs is 3. The first-order chi connectivity index (χ1) is 27.2. The Bertz CT molecular complexity index is 2840. The Morgan fingerprint density at radius 1 is 0.364 bits per heavy atom. The first-order valence-corrected chi connectivity index (χ1v) is 18.6. The Kier molecular flexibility index (Phi) is 8.19. The van der Waals surface area contributed by atoms with Crippen molar-refractivity contribution in [2.24, 2.45) is 9.98 Å². The summed E-state index contributed by atoms with van der Waals surface area (Å²) in [5.41, 5.74) is 14.0. The first kappa shape index (κ1) is 32.4. The summed E-state index contributed by atoms with van der Waals surface area (Å²) in [6.07, 6.45) is -0.437. The van der Waals surface area contributed by atoms with Crippen LogP contribution >= 0.6 is 0 Å². The zero-order valence-electron chi connectivity index (χ0n) is 29.9. The van der Waals surface area contributed by atoms with Gasteiger partial charge < -0.3 is 9.73 Å². The van der Waals surface area contributed by atoms with Gasteiger partial charge in [0.05, 0.1) is 0 Å². The van der Waals surface area contributed by atoms with Gasteiger partial charge in [0.25, 0.3) is 0 Å². The van der Waals surface area contributed by atoms with Gasteiger partial charge in [0.2, 0.25) is 0 Å². The Morgan fingerprint density at radius 2 is 0.818 bits per heavy atom.